The number of carbonyl (C=O) groups is 1. The molecule has 0 radical (unpaired) electrons. The number of carbonyl (C=O) groups excluding carboxylic acids is 1. The molecule has 112 valence electrons. The fourth-order valence-electron chi connectivity index (χ4n) is 2.09. The zero-order chi connectivity index (χ0) is 15.4. The van der Waals surface area contributed by atoms with Crippen LogP contribution >= 0.6 is 11.3 Å². The largest absolute Gasteiger partial charge is 0.467 e. The van der Waals surface area contributed by atoms with Crippen LogP contribution in [0, 0.1) is 12.7 Å². The predicted octanol–water partition coefficient (Wildman–Crippen LogP) is 4.08. The lowest BCUT2D eigenvalue weighted by molar-refractivity contribution is -0.141. The Balaban J connectivity index is 2.30. The van der Waals surface area contributed by atoms with Crippen molar-refractivity contribution in [2.75, 3.05) is 12.4 Å². The Morgan fingerprint density at radius 2 is 2.14 bits per heavy atom. The van der Waals surface area contributed by atoms with Gasteiger partial charge < -0.3 is 10.1 Å². The first-order valence-electron chi connectivity index (χ1n) is 6.73. The second-order valence-electron chi connectivity index (χ2n) is 4.78. The lowest BCUT2D eigenvalue weighted by atomic mass is 10.1. The van der Waals surface area contributed by atoms with Gasteiger partial charge in [-0.3, -0.25) is 0 Å². The molecule has 1 aromatic heterocycles. The minimum absolute atomic E-state index is 0.332. The molecule has 1 atom stereocenters. The van der Waals surface area contributed by atoms with Gasteiger partial charge >= 0.3 is 5.97 Å². The molecule has 2 rings (SSSR count). The molecule has 2 aromatic rings. The molecule has 0 amide bonds. The number of ether oxygens (including phenoxy) is 1. The highest BCUT2D eigenvalue weighted by molar-refractivity contribution is 7.12. The van der Waals surface area contributed by atoms with E-state index in [2.05, 4.69) is 12.2 Å². The third-order valence-corrected chi connectivity index (χ3v) is 4.40. The van der Waals surface area contributed by atoms with E-state index < -0.39 is 6.04 Å². The van der Waals surface area contributed by atoms with Crippen LogP contribution in [0.3, 0.4) is 0 Å². The number of esters is 1. The van der Waals surface area contributed by atoms with Crippen molar-refractivity contribution in [2.45, 2.75) is 26.3 Å². The quantitative estimate of drug-likeness (QED) is 0.846. The number of nitrogens with one attached hydrogen (secondary N) is 1. The third kappa shape index (κ3) is 3.82. The molecule has 0 fully saturated rings. The van der Waals surface area contributed by atoms with Gasteiger partial charge in [0.25, 0.3) is 0 Å². The number of anilines is 1. The number of rotatable bonds is 5. The van der Waals surface area contributed by atoms with Crippen molar-refractivity contribution in [1.29, 1.82) is 0 Å². The maximum Gasteiger partial charge on any atom is 0.333 e. The van der Waals surface area contributed by atoms with Gasteiger partial charge in [-0.05, 0) is 49.2 Å². The van der Waals surface area contributed by atoms with E-state index in [0.29, 0.717) is 5.69 Å². The maximum absolute atomic E-state index is 13.5. The summed E-state index contributed by atoms with van der Waals surface area (Å²) in [5.41, 5.74) is 1.36. The summed E-state index contributed by atoms with van der Waals surface area (Å²) in [7, 11) is 1.35. The molecule has 0 bridgehead atoms. The van der Waals surface area contributed by atoms with E-state index >= 15 is 0 Å². The van der Waals surface area contributed by atoms with Crippen LogP contribution in [0.5, 0.6) is 0 Å². The number of benzene rings is 1. The average Bonchev–Trinajstić information content (AvgIpc) is 2.91. The van der Waals surface area contributed by atoms with Crippen LogP contribution in [-0.4, -0.2) is 13.1 Å². The van der Waals surface area contributed by atoms with E-state index in [9.17, 15) is 9.18 Å². The normalized spacial score (nSPS) is 12.0. The summed E-state index contributed by atoms with van der Waals surface area (Å²) in [5, 5.41) is 3.06. The summed E-state index contributed by atoms with van der Waals surface area (Å²) in [4.78, 5) is 14.1. The summed E-state index contributed by atoms with van der Waals surface area (Å²) in [6.07, 6.45) is 0.914. The highest BCUT2D eigenvalue weighted by Crippen LogP contribution is 2.28. The van der Waals surface area contributed by atoms with Crippen LogP contribution in [0.25, 0.3) is 0 Å². The van der Waals surface area contributed by atoms with Gasteiger partial charge in [0, 0.05) is 15.4 Å². The minimum atomic E-state index is -0.624. The van der Waals surface area contributed by atoms with Gasteiger partial charge in [0.15, 0.2) is 6.04 Å². The van der Waals surface area contributed by atoms with Crippen LogP contribution in [0.4, 0.5) is 10.1 Å². The number of thiophene rings is 1. The van der Waals surface area contributed by atoms with E-state index in [1.807, 2.05) is 19.1 Å². The molecule has 3 nitrogen and oxygen atoms in total. The fraction of sp³-hybridized carbons (Fsp3) is 0.312. The van der Waals surface area contributed by atoms with Crippen LogP contribution in [0.2, 0.25) is 0 Å². The minimum Gasteiger partial charge on any atom is -0.467 e. The second-order valence-corrected chi connectivity index (χ2v) is 5.98. The van der Waals surface area contributed by atoms with Crippen LogP contribution in [-0.2, 0) is 16.0 Å². The molecule has 0 aliphatic carbocycles. The van der Waals surface area contributed by atoms with E-state index in [1.165, 1.54) is 24.1 Å². The van der Waals surface area contributed by atoms with Gasteiger partial charge in [0.2, 0.25) is 0 Å². The van der Waals surface area contributed by atoms with Crippen molar-refractivity contribution < 1.29 is 13.9 Å². The lowest BCUT2D eigenvalue weighted by Crippen LogP contribution is -2.21. The number of methoxy groups -OCH3 is 1. The standard InChI is InChI=1S/C16H18FNO2S/c1-4-13-5-6-14(21-13)15(16(19)20-3)18-12-8-10(2)7-11(17)9-12/h5-9,15,18H,4H2,1-3H3. The molecule has 0 aliphatic rings. The monoisotopic (exact) mass is 307 g/mol. The Hall–Kier alpha value is -1.88. The van der Waals surface area contributed by atoms with E-state index in [-0.39, 0.29) is 11.8 Å². The molecule has 21 heavy (non-hydrogen) atoms. The van der Waals surface area contributed by atoms with Crippen molar-refractivity contribution in [3.8, 4) is 0 Å². The third-order valence-electron chi connectivity index (χ3n) is 3.11. The smallest absolute Gasteiger partial charge is 0.333 e. The van der Waals surface area contributed by atoms with Gasteiger partial charge in [-0.1, -0.05) is 6.92 Å². The Morgan fingerprint density at radius 3 is 2.71 bits per heavy atom. The lowest BCUT2D eigenvalue weighted by Gasteiger charge is -2.17. The van der Waals surface area contributed by atoms with E-state index in [0.717, 1.165) is 16.9 Å². The van der Waals surface area contributed by atoms with Crippen molar-refractivity contribution in [2.24, 2.45) is 0 Å². The summed E-state index contributed by atoms with van der Waals surface area (Å²) < 4.78 is 18.3. The molecule has 5 heteroatoms. The predicted molar refractivity (Wildman–Crippen MR) is 83.2 cm³/mol. The van der Waals surface area contributed by atoms with Crippen molar-refractivity contribution in [3.63, 3.8) is 0 Å². The zero-order valence-electron chi connectivity index (χ0n) is 12.3. The van der Waals surface area contributed by atoms with E-state index in [1.54, 1.807) is 17.4 Å². The molecular weight excluding hydrogens is 289 g/mol. The maximum atomic E-state index is 13.5. The van der Waals surface area contributed by atoms with Crippen molar-refractivity contribution in [3.05, 3.63) is 51.5 Å². The summed E-state index contributed by atoms with van der Waals surface area (Å²) >= 11 is 1.56. The second kappa shape index (κ2) is 6.72. The highest BCUT2D eigenvalue weighted by atomic mass is 32.1. The Labute approximate surface area is 127 Å². The highest BCUT2D eigenvalue weighted by Gasteiger charge is 2.23. The van der Waals surface area contributed by atoms with Gasteiger partial charge in [-0.15, -0.1) is 11.3 Å². The van der Waals surface area contributed by atoms with E-state index in [4.69, 9.17) is 4.74 Å². The Bertz CT molecular complexity index is 619. The summed E-state index contributed by atoms with van der Waals surface area (Å²) in [6, 6.07) is 7.89. The molecule has 1 unspecified atom stereocenters. The first kappa shape index (κ1) is 15.5. The summed E-state index contributed by atoms with van der Waals surface area (Å²) in [5.74, 6) is -0.719. The molecule has 1 heterocycles. The Morgan fingerprint density at radius 1 is 1.38 bits per heavy atom. The Kier molecular flexibility index (Phi) is 4.96. The molecule has 0 aliphatic heterocycles. The first-order valence-corrected chi connectivity index (χ1v) is 7.55. The van der Waals surface area contributed by atoms with Crippen LogP contribution in [0.15, 0.2) is 30.3 Å². The van der Waals surface area contributed by atoms with Crippen molar-refractivity contribution >= 4 is 23.0 Å². The average molecular weight is 307 g/mol. The van der Waals surface area contributed by atoms with Gasteiger partial charge in [-0.25, -0.2) is 9.18 Å². The molecule has 1 aromatic carbocycles. The first-order chi connectivity index (χ1) is 10.0. The number of hydrogen-bond acceptors (Lipinski definition) is 4. The molecule has 0 saturated carbocycles. The van der Waals surface area contributed by atoms with Gasteiger partial charge in [0.05, 0.1) is 7.11 Å². The molecular formula is C16H18FNO2S. The number of hydrogen-bond donors (Lipinski definition) is 1. The zero-order valence-corrected chi connectivity index (χ0v) is 13.1. The van der Waals surface area contributed by atoms with Crippen molar-refractivity contribution in [1.82, 2.24) is 0 Å². The molecule has 1 N–H and O–H groups in total. The molecule has 0 spiro atoms. The SMILES string of the molecule is CCc1ccc(C(Nc2cc(C)cc(F)c2)C(=O)OC)s1. The van der Waals surface area contributed by atoms with Gasteiger partial charge in [-0.2, -0.15) is 0 Å². The topological polar surface area (TPSA) is 38.3 Å². The number of halogens is 1. The molecule has 0 saturated heterocycles. The van der Waals surface area contributed by atoms with Gasteiger partial charge in [0.1, 0.15) is 5.82 Å². The van der Waals surface area contributed by atoms with Crippen LogP contribution < -0.4 is 5.32 Å². The number of aryl methyl sites for hydroxylation is 2. The van der Waals surface area contributed by atoms with Crippen LogP contribution in [0.1, 0.15) is 28.3 Å². The fourth-order valence-corrected chi connectivity index (χ4v) is 3.08. The summed E-state index contributed by atoms with van der Waals surface area (Å²) in [6.45, 7) is 3.87.